The third kappa shape index (κ3) is 5.32. The molecule has 0 unspecified atom stereocenters. The van der Waals surface area contributed by atoms with Crippen LogP contribution in [0.15, 0.2) is 71.4 Å². The van der Waals surface area contributed by atoms with Crippen LogP contribution in [0.3, 0.4) is 0 Å². The van der Waals surface area contributed by atoms with Crippen molar-refractivity contribution in [1.29, 1.82) is 0 Å². The smallest absolute Gasteiger partial charge is 0.253 e. The Labute approximate surface area is 167 Å². The monoisotopic (exact) mass is 394 g/mol. The summed E-state index contributed by atoms with van der Waals surface area (Å²) in [6, 6.07) is 14.5. The topological polar surface area (TPSA) is 80.6 Å². The van der Waals surface area contributed by atoms with Crippen LogP contribution < -0.4 is 15.4 Å². The van der Waals surface area contributed by atoms with Gasteiger partial charge in [-0.05, 0) is 48.0 Å². The van der Waals surface area contributed by atoms with E-state index < -0.39 is 11.7 Å². The highest BCUT2D eigenvalue weighted by molar-refractivity contribution is 6.07. The molecular weight excluding hydrogens is 375 g/mol. The lowest BCUT2D eigenvalue weighted by atomic mass is 10.1. The van der Waals surface area contributed by atoms with E-state index in [0.717, 1.165) is 0 Å². The summed E-state index contributed by atoms with van der Waals surface area (Å²) in [4.78, 5) is 24.7. The van der Waals surface area contributed by atoms with Gasteiger partial charge in [0.2, 0.25) is 5.91 Å². The molecule has 2 N–H and O–H groups in total. The quantitative estimate of drug-likeness (QED) is 0.594. The zero-order valence-corrected chi connectivity index (χ0v) is 15.6. The van der Waals surface area contributed by atoms with Gasteiger partial charge in [0, 0.05) is 6.08 Å². The number of methoxy groups -OCH3 is 1. The fraction of sp³-hybridized carbons (Fsp3) is 0.0909. The summed E-state index contributed by atoms with van der Waals surface area (Å²) >= 11 is 0. The summed E-state index contributed by atoms with van der Waals surface area (Å²) in [7, 11) is 1.38. The summed E-state index contributed by atoms with van der Waals surface area (Å²) < 4.78 is 23.8. The molecule has 3 rings (SSSR count). The van der Waals surface area contributed by atoms with Crippen LogP contribution in [0, 0.1) is 5.82 Å². The number of amides is 2. The third-order valence-electron chi connectivity index (χ3n) is 4.04. The molecule has 0 aliphatic heterocycles. The van der Waals surface area contributed by atoms with Crippen LogP contribution in [0.2, 0.25) is 0 Å². The Morgan fingerprint density at radius 3 is 2.69 bits per heavy atom. The van der Waals surface area contributed by atoms with Crippen LogP contribution in [0.1, 0.15) is 21.7 Å². The normalized spacial score (nSPS) is 10.7. The molecule has 0 spiro atoms. The Bertz CT molecular complexity index is 1030. The lowest BCUT2D eigenvalue weighted by Crippen LogP contribution is -2.24. The minimum atomic E-state index is -0.520. The maximum absolute atomic E-state index is 13.7. The number of ether oxygens (including phenoxy) is 1. The van der Waals surface area contributed by atoms with Crippen molar-refractivity contribution in [3.05, 3.63) is 89.6 Å². The molecule has 7 heteroatoms. The summed E-state index contributed by atoms with van der Waals surface area (Å²) in [6.45, 7) is 0.233. The van der Waals surface area contributed by atoms with Crippen molar-refractivity contribution in [3.8, 4) is 5.75 Å². The van der Waals surface area contributed by atoms with Gasteiger partial charge < -0.3 is 19.8 Å². The minimum Gasteiger partial charge on any atom is -0.494 e. The van der Waals surface area contributed by atoms with Crippen LogP contribution in [0.5, 0.6) is 5.75 Å². The van der Waals surface area contributed by atoms with Gasteiger partial charge >= 0.3 is 0 Å². The van der Waals surface area contributed by atoms with Crippen molar-refractivity contribution in [3.63, 3.8) is 0 Å². The summed E-state index contributed by atoms with van der Waals surface area (Å²) in [6.07, 6.45) is 4.26. The second kappa shape index (κ2) is 9.36. The van der Waals surface area contributed by atoms with Gasteiger partial charge in [-0.25, -0.2) is 4.39 Å². The molecule has 3 aromatic rings. The number of benzene rings is 2. The number of carbonyl (C=O) groups excluding carboxylic acids is 2. The highest BCUT2D eigenvalue weighted by atomic mass is 19.1. The summed E-state index contributed by atoms with van der Waals surface area (Å²) in [5, 5.41) is 5.40. The van der Waals surface area contributed by atoms with Gasteiger partial charge in [0.15, 0.2) is 11.6 Å². The van der Waals surface area contributed by atoms with Gasteiger partial charge in [-0.1, -0.05) is 18.2 Å². The minimum absolute atomic E-state index is 0.126. The molecule has 0 atom stereocenters. The SMILES string of the molecule is COc1ccc(/C=C/C(=O)Nc2ccccc2C(=O)NCc2ccco2)cc1F. The van der Waals surface area contributed by atoms with Gasteiger partial charge in [0.1, 0.15) is 5.76 Å². The van der Waals surface area contributed by atoms with E-state index in [1.54, 1.807) is 42.5 Å². The maximum Gasteiger partial charge on any atom is 0.253 e. The first-order valence-corrected chi connectivity index (χ1v) is 8.79. The van der Waals surface area contributed by atoms with E-state index in [1.165, 1.54) is 37.7 Å². The predicted octanol–water partition coefficient (Wildman–Crippen LogP) is 4.01. The molecule has 0 radical (unpaired) electrons. The van der Waals surface area contributed by atoms with E-state index in [9.17, 15) is 14.0 Å². The molecule has 0 aliphatic rings. The first kappa shape index (κ1) is 19.9. The van der Waals surface area contributed by atoms with E-state index in [1.807, 2.05) is 0 Å². The van der Waals surface area contributed by atoms with Crippen molar-refractivity contribution in [2.75, 3.05) is 12.4 Å². The molecule has 1 aromatic heterocycles. The van der Waals surface area contributed by atoms with Crippen LogP contribution in [-0.4, -0.2) is 18.9 Å². The van der Waals surface area contributed by atoms with Crippen molar-refractivity contribution in [2.24, 2.45) is 0 Å². The molecule has 6 nitrogen and oxygen atoms in total. The van der Waals surface area contributed by atoms with Crippen molar-refractivity contribution in [1.82, 2.24) is 5.32 Å². The molecule has 148 valence electrons. The number of hydrogen-bond donors (Lipinski definition) is 2. The largest absolute Gasteiger partial charge is 0.494 e. The Morgan fingerprint density at radius 1 is 1.14 bits per heavy atom. The summed E-state index contributed by atoms with van der Waals surface area (Å²) in [5.41, 5.74) is 1.18. The van der Waals surface area contributed by atoms with Crippen LogP contribution in [0.25, 0.3) is 6.08 Å². The Hall–Kier alpha value is -3.87. The molecule has 0 bridgehead atoms. The second-order valence-electron chi connectivity index (χ2n) is 6.02. The molecule has 1 heterocycles. The van der Waals surface area contributed by atoms with Crippen molar-refractivity contribution >= 4 is 23.6 Å². The molecule has 2 amide bonds. The highest BCUT2D eigenvalue weighted by Crippen LogP contribution is 2.19. The zero-order chi connectivity index (χ0) is 20.6. The van der Waals surface area contributed by atoms with Gasteiger partial charge in [0.05, 0.1) is 31.2 Å². The Kier molecular flexibility index (Phi) is 6.42. The van der Waals surface area contributed by atoms with Crippen LogP contribution in [-0.2, 0) is 11.3 Å². The van der Waals surface area contributed by atoms with Gasteiger partial charge in [0.25, 0.3) is 5.91 Å². The third-order valence-corrected chi connectivity index (χ3v) is 4.04. The fourth-order valence-corrected chi connectivity index (χ4v) is 2.60. The number of rotatable bonds is 7. The van der Waals surface area contributed by atoms with Gasteiger partial charge in [-0.15, -0.1) is 0 Å². The lowest BCUT2D eigenvalue weighted by Gasteiger charge is -2.10. The van der Waals surface area contributed by atoms with E-state index in [-0.39, 0.29) is 18.2 Å². The van der Waals surface area contributed by atoms with Crippen LogP contribution >= 0.6 is 0 Å². The number of halogens is 1. The Morgan fingerprint density at radius 2 is 1.97 bits per heavy atom. The van der Waals surface area contributed by atoms with Crippen molar-refractivity contribution in [2.45, 2.75) is 6.54 Å². The Balaban J connectivity index is 1.65. The molecule has 29 heavy (non-hydrogen) atoms. The standard InChI is InChI=1S/C22H19FN2O4/c1-28-20-10-8-15(13-18(20)23)9-11-21(26)25-19-7-3-2-6-17(19)22(27)24-14-16-5-4-12-29-16/h2-13H,14H2,1H3,(H,24,27)(H,25,26)/b11-9+. The number of para-hydroxylation sites is 1. The second-order valence-corrected chi connectivity index (χ2v) is 6.02. The van der Waals surface area contributed by atoms with Gasteiger partial charge in [-0.3, -0.25) is 9.59 Å². The highest BCUT2D eigenvalue weighted by Gasteiger charge is 2.12. The number of nitrogens with one attached hydrogen (secondary N) is 2. The summed E-state index contributed by atoms with van der Waals surface area (Å²) in [5.74, 6) is -0.574. The fourth-order valence-electron chi connectivity index (χ4n) is 2.60. The van der Waals surface area contributed by atoms with E-state index in [0.29, 0.717) is 22.6 Å². The molecule has 0 saturated heterocycles. The average molecular weight is 394 g/mol. The maximum atomic E-state index is 13.7. The average Bonchev–Trinajstić information content (AvgIpc) is 3.25. The van der Waals surface area contributed by atoms with Crippen LogP contribution in [0.4, 0.5) is 10.1 Å². The predicted molar refractivity (Wildman–Crippen MR) is 107 cm³/mol. The molecule has 0 fully saturated rings. The van der Waals surface area contributed by atoms with Gasteiger partial charge in [-0.2, -0.15) is 0 Å². The van der Waals surface area contributed by atoms with E-state index >= 15 is 0 Å². The molecule has 2 aromatic carbocycles. The molecule has 0 saturated carbocycles. The number of anilines is 1. The van der Waals surface area contributed by atoms with Crippen molar-refractivity contribution < 1.29 is 23.1 Å². The number of hydrogen-bond acceptors (Lipinski definition) is 4. The number of furan rings is 1. The number of carbonyl (C=O) groups is 2. The molecular formula is C22H19FN2O4. The first-order chi connectivity index (χ1) is 14.1. The first-order valence-electron chi connectivity index (χ1n) is 8.79. The van der Waals surface area contributed by atoms with E-state index in [4.69, 9.17) is 9.15 Å². The lowest BCUT2D eigenvalue weighted by molar-refractivity contribution is -0.111. The van der Waals surface area contributed by atoms with E-state index in [2.05, 4.69) is 10.6 Å². The molecule has 0 aliphatic carbocycles. The zero-order valence-electron chi connectivity index (χ0n) is 15.6.